The molecule has 41 heavy (non-hydrogen) atoms. The standard InChI is InChI=1S/C27H28F3N5O5S/c1-26(2,3)40-25(38)33-14-11-22(36)35-21-15-17(10-13-31-21)16-41-24-20(5-4-12-32-24)23(37)34-18-6-8-19(9-7-18)39-27(28,29)30/h4-10,12-13,15H,11,14,16H2,1-3H3,(H,33,38)(H,34,37)(H,31,35,36). The van der Waals surface area contributed by atoms with Crippen molar-refractivity contribution in [3.8, 4) is 5.75 Å². The van der Waals surface area contributed by atoms with E-state index in [9.17, 15) is 27.6 Å². The maximum atomic E-state index is 12.9. The van der Waals surface area contributed by atoms with E-state index >= 15 is 0 Å². The van der Waals surface area contributed by atoms with Crippen molar-refractivity contribution < 1.29 is 37.0 Å². The molecule has 0 unspecified atom stereocenters. The number of ether oxygens (including phenoxy) is 2. The lowest BCUT2D eigenvalue weighted by atomic mass is 10.2. The molecule has 2 heterocycles. The van der Waals surface area contributed by atoms with Crippen LogP contribution in [0.15, 0.2) is 66.0 Å². The van der Waals surface area contributed by atoms with Gasteiger partial charge >= 0.3 is 12.5 Å². The number of carbonyl (C=O) groups excluding carboxylic acids is 3. The van der Waals surface area contributed by atoms with E-state index in [1.807, 2.05) is 0 Å². The van der Waals surface area contributed by atoms with Gasteiger partial charge < -0.3 is 25.4 Å². The molecule has 3 rings (SSSR count). The van der Waals surface area contributed by atoms with Crippen LogP contribution in [0, 0.1) is 0 Å². The zero-order valence-corrected chi connectivity index (χ0v) is 23.2. The fraction of sp³-hybridized carbons (Fsp3) is 0.296. The third kappa shape index (κ3) is 11.4. The predicted molar refractivity (Wildman–Crippen MR) is 147 cm³/mol. The number of pyridine rings is 2. The van der Waals surface area contributed by atoms with Crippen molar-refractivity contribution in [1.29, 1.82) is 0 Å². The minimum absolute atomic E-state index is 0.0182. The SMILES string of the molecule is CC(C)(C)OC(=O)NCCC(=O)Nc1cc(CSc2ncccc2C(=O)Nc2ccc(OC(F)(F)F)cc2)ccn1. The van der Waals surface area contributed by atoms with Crippen LogP contribution in [-0.4, -0.2) is 46.4 Å². The normalized spacial score (nSPS) is 11.4. The van der Waals surface area contributed by atoms with Gasteiger partial charge in [-0.15, -0.1) is 24.9 Å². The molecule has 1 aromatic carbocycles. The molecule has 0 atom stereocenters. The number of hydrogen-bond donors (Lipinski definition) is 3. The van der Waals surface area contributed by atoms with Crippen molar-refractivity contribution in [1.82, 2.24) is 15.3 Å². The van der Waals surface area contributed by atoms with Crippen molar-refractivity contribution in [3.63, 3.8) is 0 Å². The second kappa shape index (κ2) is 13.8. The Morgan fingerprint density at radius 3 is 2.37 bits per heavy atom. The van der Waals surface area contributed by atoms with Crippen LogP contribution >= 0.6 is 11.8 Å². The zero-order chi connectivity index (χ0) is 30.0. The van der Waals surface area contributed by atoms with E-state index < -0.39 is 29.7 Å². The highest BCUT2D eigenvalue weighted by atomic mass is 32.2. The Labute approximate surface area is 238 Å². The number of alkyl halides is 3. The van der Waals surface area contributed by atoms with E-state index in [4.69, 9.17) is 4.74 Å². The van der Waals surface area contributed by atoms with Gasteiger partial charge in [0.1, 0.15) is 22.2 Å². The number of benzene rings is 1. The highest BCUT2D eigenvalue weighted by Crippen LogP contribution is 2.27. The summed E-state index contributed by atoms with van der Waals surface area (Å²) in [4.78, 5) is 45.2. The first kappa shape index (κ1) is 31.2. The molecular formula is C27H28F3N5O5S. The van der Waals surface area contributed by atoms with Gasteiger partial charge in [-0.3, -0.25) is 9.59 Å². The number of carbonyl (C=O) groups is 3. The average molecular weight is 592 g/mol. The quantitative estimate of drug-likeness (QED) is 0.253. The molecule has 0 radical (unpaired) electrons. The summed E-state index contributed by atoms with van der Waals surface area (Å²) in [6.45, 7) is 5.31. The Hall–Kier alpha value is -4.33. The number of amides is 3. The Morgan fingerprint density at radius 1 is 0.951 bits per heavy atom. The van der Waals surface area contributed by atoms with Crippen molar-refractivity contribution in [2.75, 3.05) is 17.2 Å². The molecule has 0 aliphatic rings. The fourth-order valence-electron chi connectivity index (χ4n) is 3.20. The number of hydrogen-bond acceptors (Lipinski definition) is 8. The summed E-state index contributed by atoms with van der Waals surface area (Å²) in [7, 11) is 0. The lowest BCUT2D eigenvalue weighted by Crippen LogP contribution is -2.34. The Kier molecular flexibility index (Phi) is 10.5. The molecule has 218 valence electrons. The van der Waals surface area contributed by atoms with Crippen LogP contribution in [-0.2, 0) is 15.3 Å². The van der Waals surface area contributed by atoms with Gasteiger partial charge in [-0.1, -0.05) is 0 Å². The molecule has 0 saturated carbocycles. The maximum Gasteiger partial charge on any atom is 0.573 e. The molecule has 14 heteroatoms. The van der Waals surface area contributed by atoms with Gasteiger partial charge in [-0.05, 0) is 74.9 Å². The van der Waals surface area contributed by atoms with Crippen molar-refractivity contribution in [3.05, 3.63) is 72.1 Å². The van der Waals surface area contributed by atoms with E-state index in [2.05, 4.69) is 30.7 Å². The molecule has 2 aromatic heterocycles. The Balaban J connectivity index is 1.54. The largest absolute Gasteiger partial charge is 0.573 e. The summed E-state index contributed by atoms with van der Waals surface area (Å²) >= 11 is 1.28. The van der Waals surface area contributed by atoms with E-state index in [0.29, 0.717) is 16.6 Å². The van der Waals surface area contributed by atoms with Crippen LogP contribution in [0.25, 0.3) is 0 Å². The maximum absolute atomic E-state index is 12.9. The van der Waals surface area contributed by atoms with E-state index in [-0.39, 0.29) is 30.1 Å². The summed E-state index contributed by atoms with van der Waals surface area (Å²) in [5.74, 6) is -0.527. The number of nitrogens with one attached hydrogen (secondary N) is 3. The first-order valence-corrected chi connectivity index (χ1v) is 13.2. The molecule has 0 fully saturated rings. The van der Waals surface area contributed by atoms with Crippen LogP contribution in [0.4, 0.5) is 29.5 Å². The summed E-state index contributed by atoms with van der Waals surface area (Å²) in [5, 5.41) is 8.25. The number of anilines is 2. The van der Waals surface area contributed by atoms with Gasteiger partial charge in [0, 0.05) is 36.8 Å². The monoisotopic (exact) mass is 591 g/mol. The van der Waals surface area contributed by atoms with Crippen LogP contribution in [0.3, 0.4) is 0 Å². The molecule has 3 N–H and O–H groups in total. The molecule has 0 bridgehead atoms. The van der Waals surface area contributed by atoms with Gasteiger partial charge in [0.05, 0.1) is 5.56 Å². The average Bonchev–Trinajstić information content (AvgIpc) is 2.87. The van der Waals surface area contributed by atoms with Gasteiger partial charge in [-0.25, -0.2) is 14.8 Å². The number of alkyl carbamates (subject to hydrolysis) is 1. The smallest absolute Gasteiger partial charge is 0.444 e. The molecule has 0 spiro atoms. The minimum Gasteiger partial charge on any atom is -0.444 e. The number of halogens is 3. The third-order valence-corrected chi connectivity index (χ3v) is 5.93. The van der Waals surface area contributed by atoms with Gasteiger partial charge in [0.15, 0.2) is 0 Å². The van der Waals surface area contributed by atoms with Gasteiger partial charge in [0.2, 0.25) is 5.91 Å². The highest BCUT2D eigenvalue weighted by molar-refractivity contribution is 7.98. The lowest BCUT2D eigenvalue weighted by molar-refractivity contribution is -0.274. The summed E-state index contributed by atoms with van der Waals surface area (Å²) in [6, 6.07) is 11.4. The lowest BCUT2D eigenvalue weighted by Gasteiger charge is -2.19. The van der Waals surface area contributed by atoms with Gasteiger partial charge in [-0.2, -0.15) is 0 Å². The number of nitrogens with zero attached hydrogens (tertiary/aromatic N) is 2. The summed E-state index contributed by atoms with van der Waals surface area (Å²) < 4.78 is 46.0. The number of thioether (sulfide) groups is 1. The Bertz CT molecular complexity index is 1360. The molecule has 10 nitrogen and oxygen atoms in total. The second-order valence-electron chi connectivity index (χ2n) is 9.45. The first-order chi connectivity index (χ1) is 19.3. The predicted octanol–water partition coefficient (Wildman–Crippen LogP) is 5.77. The van der Waals surface area contributed by atoms with E-state index in [1.54, 1.807) is 45.0 Å². The number of rotatable bonds is 10. The van der Waals surface area contributed by atoms with Crippen molar-refractivity contribution in [2.45, 2.75) is 49.9 Å². The molecule has 3 aromatic rings. The minimum atomic E-state index is -4.81. The molecule has 0 aliphatic heterocycles. The topological polar surface area (TPSA) is 132 Å². The summed E-state index contributed by atoms with van der Waals surface area (Å²) in [5.41, 5.74) is 0.705. The van der Waals surface area contributed by atoms with E-state index in [1.165, 1.54) is 36.3 Å². The van der Waals surface area contributed by atoms with E-state index in [0.717, 1.165) is 17.7 Å². The highest BCUT2D eigenvalue weighted by Gasteiger charge is 2.31. The molecule has 0 aliphatic carbocycles. The summed E-state index contributed by atoms with van der Waals surface area (Å²) in [6.07, 6.45) is -2.34. The molecular weight excluding hydrogens is 563 g/mol. The van der Waals surface area contributed by atoms with Crippen molar-refractivity contribution in [2.24, 2.45) is 0 Å². The first-order valence-electron chi connectivity index (χ1n) is 12.2. The fourth-order valence-corrected chi connectivity index (χ4v) is 4.13. The molecule has 3 amide bonds. The molecule has 0 saturated heterocycles. The second-order valence-corrected chi connectivity index (χ2v) is 10.4. The number of aromatic nitrogens is 2. The third-order valence-electron chi connectivity index (χ3n) is 4.85. The van der Waals surface area contributed by atoms with Crippen LogP contribution < -0.4 is 20.7 Å². The van der Waals surface area contributed by atoms with Crippen molar-refractivity contribution >= 4 is 41.2 Å². The van der Waals surface area contributed by atoms with Crippen LogP contribution in [0.5, 0.6) is 5.75 Å². The van der Waals surface area contributed by atoms with Crippen LogP contribution in [0.1, 0.15) is 43.1 Å². The zero-order valence-electron chi connectivity index (χ0n) is 22.4. The Morgan fingerprint density at radius 2 is 1.68 bits per heavy atom. The van der Waals surface area contributed by atoms with Crippen LogP contribution in [0.2, 0.25) is 0 Å². The van der Waals surface area contributed by atoms with Gasteiger partial charge in [0.25, 0.3) is 5.91 Å².